The van der Waals surface area contributed by atoms with Gasteiger partial charge in [0.15, 0.2) is 5.84 Å². The van der Waals surface area contributed by atoms with Crippen molar-refractivity contribution in [2.24, 2.45) is 28.6 Å². The number of nitrogens with zero attached hydrogens (tertiary/aromatic N) is 3. The summed E-state index contributed by atoms with van der Waals surface area (Å²) < 4.78 is 40.8. The minimum Gasteiger partial charge on any atom is -0.383 e. The van der Waals surface area contributed by atoms with Crippen LogP contribution in [0.15, 0.2) is 29.4 Å². The summed E-state index contributed by atoms with van der Waals surface area (Å²) >= 11 is 0. The van der Waals surface area contributed by atoms with Crippen molar-refractivity contribution in [3.05, 3.63) is 30.1 Å². The second-order valence-corrected chi connectivity index (χ2v) is 7.69. The van der Waals surface area contributed by atoms with Crippen molar-refractivity contribution >= 4 is 22.8 Å². The molecule has 2 saturated carbocycles. The highest BCUT2D eigenvalue weighted by atomic mass is 19.4. The van der Waals surface area contributed by atoms with Gasteiger partial charge in [-0.3, -0.25) is 0 Å². The van der Waals surface area contributed by atoms with Crippen molar-refractivity contribution in [1.29, 1.82) is 0 Å². The molecule has 28 heavy (non-hydrogen) atoms. The summed E-state index contributed by atoms with van der Waals surface area (Å²) in [6, 6.07) is 6.23. The van der Waals surface area contributed by atoms with E-state index < -0.39 is 18.0 Å². The Morgan fingerprint density at radius 2 is 2.07 bits per heavy atom. The Kier molecular flexibility index (Phi) is 4.76. The minimum atomic E-state index is -4.64. The van der Waals surface area contributed by atoms with Crippen molar-refractivity contribution in [3.63, 3.8) is 0 Å². The van der Waals surface area contributed by atoms with Crippen LogP contribution in [0, 0.1) is 17.8 Å². The lowest BCUT2D eigenvalue weighted by molar-refractivity contribution is -0.147. The molecule has 1 aromatic carbocycles. The molecule has 0 unspecified atom stereocenters. The van der Waals surface area contributed by atoms with Gasteiger partial charge < -0.3 is 15.1 Å². The molecule has 2 aromatic rings. The first-order valence-corrected chi connectivity index (χ1v) is 9.36. The second-order valence-electron chi connectivity index (χ2n) is 7.69. The molecule has 0 amide bonds. The SMILES string of the molecule is N/C(Cn1c(C(F)(F)F)nc2ccccc21)=N/OC(=O)C[C@@H]1C[C@H]2CC[C@@H]1C2. The summed E-state index contributed by atoms with van der Waals surface area (Å²) in [5.41, 5.74) is 6.23. The number of amidine groups is 1. The van der Waals surface area contributed by atoms with Gasteiger partial charge in [0.1, 0.15) is 0 Å². The maximum Gasteiger partial charge on any atom is 0.449 e. The smallest absolute Gasteiger partial charge is 0.383 e. The van der Waals surface area contributed by atoms with Gasteiger partial charge in [0, 0.05) is 0 Å². The van der Waals surface area contributed by atoms with Crippen LogP contribution < -0.4 is 5.73 Å². The zero-order valence-electron chi connectivity index (χ0n) is 15.2. The second kappa shape index (κ2) is 7.10. The lowest BCUT2D eigenvalue weighted by Gasteiger charge is -2.19. The van der Waals surface area contributed by atoms with Crippen molar-refractivity contribution in [2.45, 2.75) is 44.8 Å². The van der Waals surface area contributed by atoms with Crippen LogP contribution in [0.4, 0.5) is 13.2 Å². The van der Waals surface area contributed by atoms with Gasteiger partial charge in [-0.15, -0.1) is 0 Å². The average Bonchev–Trinajstić information content (AvgIpc) is 3.34. The van der Waals surface area contributed by atoms with E-state index in [1.54, 1.807) is 12.1 Å². The summed E-state index contributed by atoms with van der Waals surface area (Å²) in [5.74, 6) is -0.184. The number of benzene rings is 1. The summed E-state index contributed by atoms with van der Waals surface area (Å²) in [6.45, 7) is -0.378. The van der Waals surface area contributed by atoms with Crippen LogP contribution in [-0.4, -0.2) is 21.4 Å². The zero-order chi connectivity index (χ0) is 19.9. The lowest BCUT2D eigenvalue weighted by atomic mass is 9.86. The molecule has 0 saturated heterocycles. The largest absolute Gasteiger partial charge is 0.449 e. The first-order chi connectivity index (χ1) is 13.3. The lowest BCUT2D eigenvalue weighted by Crippen LogP contribution is -2.25. The highest BCUT2D eigenvalue weighted by molar-refractivity contribution is 5.84. The van der Waals surface area contributed by atoms with Gasteiger partial charge in [-0.25, -0.2) is 9.78 Å². The molecular formula is C19H21F3N4O2. The van der Waals surface area contributed by atoms with Gasteiger partial charge in [0.25, 0.3) is 0 Å². The number of para-hydroxylation sites is 2. The molecule has 0 radical (unpaired) electrons. The van der Waals surface area contributed by atoms with Crippen molar-refractivity contribution in [1.82, 2.24) is 9.55 Å². The van der Waals surface area contributed by atoms with E-state index in [0.717, 1.165) is 17.4 Å². The third-order valence-corrected chi connectivity index (χ3v) is 5.81. The van der Waals surface area contributed by atoms with Gasteiger partial charge in [-0.1, -0.05) is 23.7 Å². The Morgan fingerprint density at radius 1 is 1.29 bits per heavy atom. The van der Waals surface area contributed by atoms with E-state index in [9.17, 15) is 18.0 Å². The number of alkyl halides is 3. The number of oxime groups is 1. The molecule has 2 aliphatic rings. The zero-order valence-corrected chi connectivity index (χ0v) is 15.2. The molecule has 2 N–H and O–H groups in total. The van der Waals surface area contributed by atoms with Crippen molar-refractivity contribution < 1.29 is 22.8 Å². The summed E-state index contributed by atoms with van der Waals surface area (Å²) in [6.07, 6.45) is 0.243. The molecule has 2 aliphatic carbocycles. The van der Waals surface area contributed by atoms with Gasteiger partial charge in [0.05, 0.1) is 24.0 Å². The Morgan fingerprint density at radius 3 is 2.75 bits per heavy atom. The highest BCUT2D eigenvalue weighted by Gasteiger charge is 2.40. The maximum absolute atomic E-state index is 13.3. The van der Waals surface area contributed by atoms with Crippen LogP contribution in [0.2, 0.25) is 0 Å². The molecule has 3 atom stereocenters. The average molecular weight is 394 g/mol. The predicted octanol–water partition coefficient (Wildman–Crippen LogP) is 3.70. The normalized spacial score (nSPS) is 24.8. The van der Waals surface area contributed by atoms with Crippen LogP contribution in [-0.2, 0) is 22.4 Å². The van der Waals surface area contributed by atoms with E-state index in [1.165, 1.54) is 25.0 Å². The number of halogens is 3. The monoisotopic (exact) mass is 394 g/mol. The molecule has 6 nitrogen and oxygen atoms in total. The van der Waals surface area contributed by atoms with Crippen molar-refractivity contribution in [3.8, 4) is 0 Å². The third kappa shape index (κ3) is 3.70. The number of aromatic nitrogens is 2. The highest BCUT2D eigenvalue weighted by Crippen LogP contribution is 2.49. The summed E-state index contributed by atoms with van der Waals surface area (Å²) in [4.78, 5) is 20.5. The molecule has 1 heterocycles. The van der Waals surface area contributed by atoms with E-state index in [0.29, 0.717) is 17.8 Å². The Labute approximate surface area is 159 Å². The van der Waals surface area contributed by atoms with E-state index in [2.05, 4.69) is 10.1 Å². The van der Waals surface area contributed by atoms with E-state index in [1.807, 2.05) is 0 Å². The molecule has 2 fully saturated rings. The number of hydrogen-bond donors (Lipinski definition) is 1. The quantitative estimate of drug-likeness (QED) is 0.363. The van der Waals surface area contributed by atoms with Gasteiger partial charge in [0.2, 0.25) is 5.82 Å². The van der Waals surface area contributed by atoms with Gasteiger partial charge >= 0.3 is 12.1 Å². The minimum absolute atomic E-state index is 0.205. The first-order valence-electron chi connectivity index (χ1n) is 9.36. The van der Waals surface area contributed by atoms with Crippen LogP contribution in [0.3, 0.4) is 0 Å². The number of imidazole rings is 1. The third-order valence-electron chi connectivity index (χ3n) is 5.81. The molecule has 9 heteroatoms. The van der Waals surface area contributed by atoms with Crippen molar-refractivity contribution in [2.75, 3.05) is 0 Å². The van der Waals surface area contributed by atoms with Crippen LogP contribution in [0.5, 0.6) is 0 Å². The fraction of sp³-hybridized carbons (Fsp3) is 0.526. The van der Waals surface area contributed by atoms with Gasteiger partial charge in [-0.2, -0.15) is 13.2 Å². The maximum atomic E-state index is 13.3. The molecule has 0 aliphatic heterocycles. The predicted molar refractivity (Wildman–Crippen MR) is 96.0 cm³/mol. The Hall–Kier alpha value is -2.58. The van der Waals surface area contributed by atoms with Gasteiger partial charge in [-0.05, 0) is 49.1 Å². The molecule has 0 spiro atoms. The standard InChI is InChI=1S/C19H21F3N4O2/c20-19(21,22)18-24-14-3-1-2-4-15(14)26(18)10-16(23)25-28-17(27)9-13-8-11-5-6-12(13)7-11/h1-4,11-13H,5-10H2,(H2,23,25)/t11-,12+,13-/m0/s1. The number of rotatable bonds is 5. The fourth-order valence-corrected chi connectivity index (χ4v) is 4.63. The number of carbonyl (C=O) groups excluding carboxylic acids is 1. The summed E-state index contributed by atoms with van der Waals surface area (Å²) in [7, 11) is 0. The fourth-order valence-electron chi connectivity index (χ4n) is 4.63. The number of nitrogens with two attached hydrogens (primary N) is 1. The number of carbonyl (C=O) groups is 1. The Bertz CT molecular complexity index is 922. The van der Waals surface area contributed by atoms with Crippen LogP contribution in [0.25, 0.3) is 11.0 Å². The molecule has 1 aromatic heterocycles. The number of fused-ring (bicyclic) bond motifs is 3. The van der Waals surface area contributed by atoms with E-state index in [-0.39, 0.29) is 29.8 Å². The molecule has 150 valence electrons. The summed E-state index contributed by atoms with van der Waals surface area (Å²) in [5, 5.41) is 3.56. The molecular weight excluding hydrogens is 373 g/mol. The topological polar surface area (TPSA) is 82.5 Å². The Balaban J connectivity index is 1.44. The van der Waals surface area contributed by atoms with E-state index in [4.69, 9.17) is 10.6 Å². The van der Waals surface area contributed by atoms with E-state index >= 15 is 0 Å². The molecule has 4 rings (SSSR count). The number of hydrogen-bond acceptors (Lipinski definition) is 4. The van der Waals surface area contributed by atoms with Crippen LogP contribution in [0.1, 0.15) is 37.9 Å². The molecule has 2 bridgehead atoms. The first kappa shape index (κ1) is 18.8. The van der Waals surface area contributed by atoms with Crippen LogP contribution >= 0.6 is 0 Å².